The summed E-state index contributed by atoms with van der Waals surface area (Å²) in [5.41, 5.74) is 1.19. The second-order valence-corrected chi connectivity index (χ2v) is 6.84. The van der Waals surface area contributed by atoms with Gasteiger partial charge in [-0.05, 0) is 56.2 Å². The molecular formula is C22H23N3O3. The highest BCUT2D eigenvalue weighted by Crippen LogP contribution is 2.17. The van der Waals surface area contributed by atoms with Gasteiger partial charge in [0.15, 0.2) is 6.10 Å². The molecule has 0 radical (unpaired) electrons. The molecule has 0 saturated carbocycles. The Labute approximate surface area is 164 Å². The van der Waals surface area contributed by atoms with Gasteiger partial charge >= 0.3 is 0 Å². The third kappa shape index (κ3) is 4.89. The van der Waals surface area contributed by atoms with E-state index in [9.17, 15) is 9.59 Å². The number of carbonyl (C=O) groups excluding carboxylic acids is 2. The Morgan fingerprint density at radius 1 is 1.11 bits per heavy atom. The van der Waals surface area contributed by atoms with Crippen LogP contribution in [0, 0.1) is 11.3 Å². The molecule has 1 aliphatic heterocycles. The van der Waals surface area contributed by atoms with Gasteiger partial charge in [0, 0.05) is 24.7 Å². The highest BCUT2D eigenvalue weighted by atomic mass is 16.5. The van der Waals surface area contributed by atoms with E-state index in [0.717, 1.165) is 0 Å². The van der Waals surface area contributed by atoms with E-state index in [-0.39, 0.29) is 17.9 Å². The zero-order valence-electron chi connectivity index (χ0n) is 15.8. The van der Waals surface area contributed by atoms with Crippen LogP contribution in [0.4, 0.5) is 0 Å². The monoisotopic (exact) mass is 377 g/mol. The summed E-state index contributed by atoms with van der Waals surface area (Å²) in [6, 6.07) is 17.9. The van der Waals surface area contributed by atoms with Gasteiger partial charge in [-0.15, -0.1) is 0 Å². The molecule has 2 amide bonds. The Morgan fingerprint density at radius 3 is 2.36 bits per heavy atom. The predicted molar refractivity (Wildman–Crippen MR) is 105 cm³/mol. The van der Waals surface area contributed by atoms with Gasteiger partial charge in [-0.1, -0.05) is 18.2 Å². The van der Waals surface area contributed by atoms with Crippen LogP contribution < -0.4 is 10.1 Å². The minimum atomic E-state index is -0.608. The number of hydrogen-bond donors (Lipinski definition) is 1. The molecule has 6 heteroatoms. The lowest BCUT2D eigenvalue weighted by molar-refractivity contribution is -0.139. The molecule has 0 aromatic heterocycles. The second-order valence-electron chi connectivity index (χ2n) is 6.84. The van der Waals surface area contributed by atoms with Crippen molar-refractivity contribution < 1.29 is 14.3 Å². The Morgan fingerprint density at radius 2 is 1.75 bits per heavy atom. The van der Waals surface area contributed by atoms with Crippen molar-refractivity contribution in [1.82, 2.24) is 10.2 Å². The fourth-order valence-electron chi connectivity index (χ4n) is 3.22. The molecule has 2 aromatic carbocycles. The normalized spacial score (nSPS) is 15.4. The molecule has 28 heavy (non-hydrogen) atoms. The summed E-state index contributed by atoms with van der Waals surface area (Å²) in [6.45, 7) is 2.89. The van der Waals surface area contributed by atoms with Crippen LogP contribution in [0.5, 0.6) is 5.75 Å². The van der Waals surface area contributed by atoms with Crippen LogP contribution in [0.3, 0.4) is 0 Å². The third-order valence-corrected chi connectivity index (χ3v) is 4.82. The van der Waals surface area contributed by atoms with Crippen LogP contribution in [-0.4, -0.2) is 41.9 Å². The van der Waals surface area contributed by atoms with Crippen molar-refractivity contribution in [2.24, 2.45) is 0 Å². The number of likely N-dealkylation sites (tertiary alicyclic amines) is 1. The minimum Gasteiger partial charge on any atom is -0.481 e. The van der Waals surface area contributed by atoms with Crippen molar-refractivity contribution in [3.05, 3.63) is 65.7 Å². The molecule has 3 rings (SSSR count). The smallest absolute Gasteiger partial charge is 0.263 e. The summed E-state index contributed by atoms with van der Waals surface area (Å²) >= 11 is 0. The number of ether oxygens (including phenoxy) is 1. The summed E-state index contributed by atoms with van der Waals surface area (Å²) in [5, 5.41) is 11.9. The first kappa shape index (κ1) is 19.4. The molecule has 1 atom stereocenters. The molecule has 144 valence electrons. The fourth-order valence-corrected chi connectivity index (χ4v) is 3.22. The van der Waals surface area contributed by atoms with E-state index >= 15 is 0 Å². The lowest BCUT2D eigenvalue weighted by Gasteiger charge is -2.33. The first-order chi connectivity index (χ1) is 13.6. The minimum absolute atomic E-state index is 0.0616. The van der Waals surface area contributed by atoms with E-state index in [2.05, 4.69) is 5.32 Å². The van der Waals surface area contributed by atoms with Gasteiger partial charge in [0.25, 0.3) is 11.8 Å². The first-order valence-electron chi connectivity index (χ1n) is 9.38. The maximum absolute atomic E-state index is 12.6. The van der Waals surface area contributed by atoms with Gasteiger partial charge in [-0.3, -0.25) is 9.59 Å². The molecule has 6 nitrogen and oxygen atoms in total. The van der Waals surface area contributed by atoms with Crippen molar-refractivity contribution in [2.45, 2.75) is 31.9 Å². The summed E-state index contributed by atoms with van der Waals surface area (Å²) in [7, 11) is 0. The topological polar surface area (TPSA) is 82.4 Å². The summed E-state index contributed by atoms with van der Waals surface area (Å²) in [4.78, 5) is 26.7. The van der Waals surface area contributed by atoms with E-state index < -0.39 is 6.10 Å². The number of piperidine rings is 1. The van der Waals surface area contributed by atoms with Crippen molar-refractivity contribution in [2.75, 3.05) is 13.1 Å². The molecule has 2 aromatic rings. The Bertz CT molecular complexity index is 851. The lowest BCUT2D eigenvalue weighted by Crippen LogP contribution is -2.49. The molecule has 0 unspecified atom stereocenters. The fraction of sp³-hybridized carbons (Fsp3) is 0.318. The molecule has 0 spiro atoms. The van der Waals surface area contributed by atoms with Crippen molar-refractivity contribution in [3.63, 3.8) is 0 Å². The van der Waals surface area contributed by atoms with Gasteiger partial charge in [-0.25, -0.2) is 0 Å². The highest BCUT2D eigenvalue weighted by Gasteiger charge is 2.27. The van der Waals surface area contributed by atoms with Gasteiger partial charge in [-0.2, -0.15) is 5.26 Å². The molecule has 1 saturated heterocycles. The summed E-state index contributed by atoms with van der Waals surface area (Å²) < 4.78 is 5.71. The van der Waals surface area contributed by atoms with Crippen molar-refractivity contribution >= 4 is 11.8 Å². The van der Waals surface area contributed by atoms with Gasteiger partial charge < -0.3 is 15.0 Å². The van der Waals surface area contributed by atoms with Crippen LogP contribution in [0.25, 0.3) is 0 Å². The van der Waals surface area contributed by atoms with E-state index in [0.29, 0.717) is 42.8 Å². The van der Waals surface area contributed by atoms with Gasteiger partial charge in [0.2, 0.25) is 0 Å². The molecular weight excluding hydrogens is 354 g/mol. The summed E-state index contributed by atoms with van der Waals surface area (Å²) in [5.74, 6) is 0.407. The molecule has 1 fully saturated rings. The average Bonchev–Trinajstić information content (AvgIpc) is 2.75. The van der Waals surface area contributed by atoms with Crippen LogP contribution in [-0.2, 0) is 4.79 Å². The molecule has 1 heterocycles. The maximum Gasteiger partial charge on any atom is 0.263 e. The quantitative estimate of drug-likeness (QED) is 0.869. The third-order valence-electron chi connectivity index (χ3n) is 4.82. The van der Waals surface area contributed by atoms with E-state index in [1.165, 1.54) is 0 Å². The van der Waals surface area contributed by atoms with Crippen LogP contribution in [0.1, 0.15) is 35.7 Å². The number of nitrogens with one attached hydrogen (secondary N) is 1. The van der Waals surface area contributed by atoms with E-state index in [1.54, 1.807) is 48.2 Å². The number of nitrogens with zero attached hydrogens (tertiary/aromatic N) is 2. The molecule has 0 bridgehead atoms. The number of rotatable bonds is 5. The average molecular weight is 377 g/mol. The SMILES string of the molecule is C[C@H](Oc1ccc(C#N)cc1)C(=O)N1CCC(NC(=O)c2ccccc2)CC1. The summed E-state index contributed by atoms with van der Waals surface area (Å²) in [6.07, 6.45) is 0.824. The highest BCUT2D eigenvalue weighted by molar-refractivity contribution is 5.94. The van der Waals surface area contributed by atoms with Crippen molar-refractivity contribution in [3.8, 4) is 11.8 Å². The molecule has 1 aliphatic rings. The van der Waals surface area contributed by atoms with Crippen LogP contribution in [0.15, 0.2) is 54.6 Å². The second kappa shape index (κ2) is 9.05. The number of hydrogen-bond acceptors (Lipinski definition) is 4. The maximum atomic E-state index is 12.6. The largest absolute Gasteiger partial charge is 0.481 e. The van der Waals surface area contributed by atoms with Gasteiger partial charge in [0.1, 0.15) is 5.75 Å². The Balaban J connectivity index is 1.47. The number of benzene rings is 2. The standard InChI is InChI=1S/C22H23N3O3/c1-16(28-20-9-7-17(15-23)8-10-20)22(27)25-13-11-19(12-14-25)24-21(26)18-5-3-2-4-6-18/h2-10,16,19H,11-14H2,1H3,(H,24,26)/t16-/m0/s1. The van der Waals surface area contributed by atoms with Crippen LogP contribution >= 0.6 is 0 Å². The Hall–Kier alpha value is -3.33. The zero-order chi connectivity index (χ0) is 19.9. The van der Waals surface area contributed by atoms with Crippen molar-refractivity contribution in [1.29, 1.82) is 5.26 Å². The predicted octanol–water partition coefficient (Wildman–Crippen LogP) is 2.75. The number of amides is 2. The number of carbonyl (C=O) groups is 2. The van der Waals surface area contributed by atoms with Gasteiger partial charge in [0.05, 0.1) is 11.6 Å². The van der Waals surface area contributed by atoms with E-state index in [4.69, 9.17) is 10.00 Å². The Kier molecular flexibility index (Phi) is 6.28. The van der Waals surface area contributed by atoms with Crippen LogP contribution in [0.2, 0.25) is 0 Å². The van der Waals surface area contributed by atoms with E-state index in [1.807, 2.05) is 24.3 Å². The molecule has 1 N–H and O–H groups in total. The number of nitriles is 1. The first-order valence-corrected chi connectivity index (χ1v) is 9.38. The molecule has 0 aliphatic carbocycles. The lowest BCUT2D eigenvalue weighted by atomic mass is 10.0. The zero-order valence-corrected chi connectivity index (χ0v) is 15.8.